The van der Waals surface area contributed by atoms with Gasteiger partial charge < -0.3 is 79.5 Å². The van der Waals surface area contributed by atoms with Gasteiger partial charge in [0.2, 0.25) is 6.29 Å². The molecule has 0 aromatic rings. The average molecular weight is 913 g/mol. The van der Waals surface area contributed by atoms with Gasteiger partial charge in [0.15, 0.2) is 18.7 Å². The molecular weight excluding hydrogens is 836 g/mol. The highest BCUT2D eigenvalue weighted by Gasteiger charge is 2.73. The molecule has 3 aliphatic heterocycles. The molecule has 0 radical (unpaired) electrons. The summed E-state index contributed by atoms with van der Waals surface area (Å²) in [6, 6.07) is 0. The van der Waals surface area contributed by atoms with E-state index in [4.69, 9.17) is 28.4 Å². The first-order valence-corrected chi connectivity index (χ1v) is 23.8. The van der Waals surface area contributed by atoms with Crippen LogP contribution in [0.4, 0.5) is 0 Å². The van der Waals surface area contributed by atoms with E-state index in [-0.39, 0.29) is 58.0 Å². The number of hydrogen-bond donors (Lipinski definition) is 10. The van der Waals surface area contributed by atoms with Crippen LogP contribution >= 0.6 is 0 Å². The zero-order chi connectivity index (χ0) is 46.6. The molecule has 0 amide bonds. The van der Waals surface area contributed by atoms with Gasteiger partial charge in [-0.05, 0) is 122 Å². The van der Waals surface area contributed by atoms with Crippen molar-refractivity contribution in [3.63, 3.8) is 0 Å². The summed E-state index contributed by atoms with van der Waals surface area (Å²) >= 11 is 0. The standard InChI is InChI=1S/C47H76O17/c1-21(2)22-10-15-47(42(58)64-41-38(35(55)33(53)26(19-49)61-41)63-39-36(56)31(51)24(50)20-59-39)17-16-45(6)23(30(22)47)8-9-28-44(5)13-12-29(43(3,4)27(44)11-14-46(28,45)7)62-40-37(57)34(54)32(52)25(18-48)60-40/h22-41,48-57H,1,8-20H2,2-7H3/t22-,23+,24-,25+,26+,27-,28+,29-,30+,31-,32+,33+,34-,35-,36+,37+,38+,39-,40-,41-,44-,45+,46+,47-/m0/s1. The summed E-state index contributed by atoms with van der Waals surface area (Å²) in [6.07, 6.45) is -13.4. The number of esters is 1. The zero-order valence-electron chi connectivity index (χ0n) is 38.3. The van der Waals surface area contributed by atoms with Crippen molar-refractivity contribution < 1.29 is 84.3 Å². The second-order valence-electron chi connectivity index (χ2n) is 22.5. The van der Waals surface area contributed by atoms with Gasteiger partial charge >= 0.3 is 5.97 Å². The number of aliphatic hydroxyl groups excluding tert-OH is 10. The molecule has 0 aromatic heterocycles. The molecule has 3 saturated heterocycles. The second-order valence-corrected chi connectivity index (χ2v) is 22.5. The number of allylic oxidation sites excluding steroid dienone is 1. The van der Waals surface area contributed by atoms with Crippen LogP contribution in [0, 0.1) is 56.7 Å². The SMILES string of the molecule is C=C(C)[C@@H]1CC[C@]2(C(=O)O[C@@H]3O[C@H](CO)[C@@H](O)[C@H](O)[C@H]3O[C@@H]3OC[C@H](O)[C@H](O)[C@H]3O)CC[C@]3(C)[C@H](CC[C@@H]4[C@@]5(C)CC[C@H](O[C@@H]6O[C@H](CO)[C@@H](O)[C@H](O)[C@H]6O)C(C)(C)[C@@H]5CC[C@]43C)[C@@H]12. The third-order valence-corrected chi connectivity index (χ3v) is 19.4. The lowest BCUT2D eigenvalue weighted by molar-refractivity contribution is -0.352. The zero-order valence-corrected chi connectivity index (χ0v) is 38.3. The van der Waals surface area contributed by atoms with Crippen molar-refractivity contribution in [2.75, 3.05) is 19.8 Å². The normalized spacial score (nSPS) is 54.8. The molecule has 5 saturated carbocycles. The Labute approximate surface area is 376 Å². The minimum absolute atomic E-state index is 0.0359. The van der Waals surface area contributed by atoms with Crippen LogP contribution < -0.4 is 0 Å². The first-order chi connectivity index (χ1) is 30.0. The van der Waals surface area contributed by atoms with E-state index in [1.54, 1.807) is 0 Å². The first-order valence-electron chi connectivity index (χ1n) is 23.8. The topological polar surface area (TPSA) is 275 Å². The smallest absolute Gasteiger partial charge is 0.314 e. The van der Waals surface area contributed by atoms with Crippen LogP contribution in [0.2, 0.25) is 0 Å². The summed E-state index contributed by atoms with van der Waals surface area (Å²) in [4.78, 5) is 15.1. The largest absolute Gasteiger partial charge is 0.432 e. The number of ether oxygens (including phenoxy) is 6. The second kappa shape index (κ2) is 17.5. The van der Waals surface area contributed by atoms with Crippen LogP contribution in [-0.4, -0.2) is 169 Å². The van der Waals surface area contributed by atoms with Crippen LogP contribution in [0.15, 0.2) is 12.2 Å². The van der Waals surface area contributed by atoms with Gasteiger partial charge in [0.1, 0.15) is 61.0 Å². The number of fused-ring (bicyclic) bond motifs is 7. The molecule has 0 aromatic carbocycles. The minimum atomic E-state index is -1.75. The average Bonchev–Trinajstić information content (AvgIpc) is 3.66. The molecule has 366 valence electrons. The Balaban J connectivity index is 1.04. The summed E-state index contributed by atoms with van der Waals surface area (Å²) in [7, 11) is 0. The fourth-order valence-corrected chi connectivity index (χ4v) is 15.6. The molecule has 8 rings (SSSR count). The number of carbonyl (C=O) groups excluding carboxylic acids is 1. The first kappa shape index (κ1) is 49.0. The van der Waals surface area contributed by atoms with Gasteiger partial charge in [0, 0.05) is 0 Å². The Hall–Kier alpha value is -1.39. The Morgan fingerprint density at radius 1 is 0.641 bits per heavy atom. The van der Waals surface area contributed by atoms with Crippen molar-refractivity contribution in [3.05, 3.63) is 12.2 Å². The molecule has 24 atom stereocenters. The van der Waals surface area contributed by atoms with Crippen LogP contribution in [-0.2, 0) is 33.2 Å². The van der Waals surface area contributed by atoms with Gasteiger partial charge in [-0.3, -0.25) is 4.79 Å². The predicted octanol–water partition coefficient (Wildman–Crippen LogP) is 0.636. The molecule has 17 nitrogen and oxygen atoms in total. The van der Waals surface area contributed by atoms with Gasteiger partial charge in [0.25, 0.3) is 0 Å². The van der Waals surface area contributed by atoms with Gasteiger partial charge in [0.05, 0.1) is 31.3 Å². The third-order valence-electron chi connectivity index (χ3n) is 19.4. The lowest BCUT2D eigenvalue weighted by atomic mass is 9.32. The van der Waals surface area contributed by atoms with E-state index in [0.29, 0.717) is 25.2 Å². The van der Waals surface area contributed by atoms with Crippen LogP contribution in [0.3, 0.4) is 0 Å². The summed E-state index contributed by atoms with van der Waals surface area (Å²) in [6.45, 7) is 16.7. The van der Waals surface area contributed by atoms with Crippen LogP contribution in [0.25, 0.3) is 0 Å². The van der Waals surface area contributed by atoms with E-state index in [2.05, 4.69) is 41.2 Å². The van der Waals surface area contributed by atoms with E-state index in [1.165, 1.54) is 0 Å². The number of hydrogen-bond acceptors (Lipinski definition) is 17. The summed E-state index contributed by atoms with van der Waals surface area (Å²) in [5.41, 5.74) is -0.618. The summed E-state index contributed by atoms with van der Waals surface area (Å²) < 4.78 is 35.9. The fourth-order valence-electron chi connectivity index (χ4n) is 15.6. The number of rotatable bonds is 9. The van der Waals surface area contributed by atoms with Crippen molar-refractivity contribution in [2.24, 2.45) is 56.7 Å². The van der Waals surface area contributed by atoms with Gasteiger partial charge in [-0.2, -0.15) is 0 Å². The maximum absolute atomic E-state index is 15.1. The molecule has 0 spiro atoms. The minimum Gasteiger partial charge on any atom is -0.432 e. The van der Waals surface area contributed by atoms with E-state index >= 15 is 4.79 Å². The van der Waals surface area contributed by atoms with Crippen molar-refractivity contribution in [1.82, 2.24) is 0 Å². The van der Waals surface area contributed by atoms with Crippen molar-refractivity contribution in [2.45, 2.75) is 198 Å². The van der Waals surface area contributed by atoms with Gasteiger partial charge in [-0.1, -0.05) is 46.8 Å². The highest BCUT2D eigenvalue weighted by atomic mass is 16.8. The summed E-state index contributed by atoms with van der Waals surface area (Å²) in [5, 5.41) is 105. The van der Waals surface area contributed by atoms with E-state index < -0.39 is 111 Å². The lowest BCUT2D eigenvalue weighted by Crippen LogP contribution is -2.68. The lowest BCUT2D eigenvalue weighted by Gasteiger charge is -2.73. The van der Waals surface area contributed by atoms with Crippen LogP contribution in [0.1, 0.15) is 106 Å². The highest BCUT2D eigenvalue weighted by Crippen LogP contribution is 2.78. The molecule has 64 heavy (non-hydrogen) atoms. The Kier molecular flexibility index (Phi) is 13.4. The maximum atomic E-state index is 15.1. The molecular formula is C47H76O17. The molecule has 0 unspecified atom stereocenters. The Morgan fingerprint density at radius 2 is 1.28 bits per heavy atom. The molecule has 17 heteroatoms. The Bertz CT molecular complexity index is 1710. The fraction of sp³-hybridized carbons (Fsp3) is 0.936. The third kappa shape index (κ3) is 7.40. The van der Waals surface area contributed by atoms with Crippen molar-refractivity contribution in [3.8, 4) is 0 Å². The maximum Gasteiger partial charge on any atom is 0.314 e. The molecule has 8 aliphatic rings. The predicted molar refractivity (Wildman–Crippen MR) is 224 cm³/mol. The summed E-state index contributed by atoms with van der Waals surface area (Å²) in [5.74, 6) is 0.133. The molecule has 5 aliphatic carbocycles. The molecule has 8 fully saturated rings. The van der Waals surface area contributed by atoms with E-state index in [0.717, 1.165) is 50.5 Å². The molecule has 3 heterocycles. The molecule has 10 N–H and O–H groups in total. The van der Waals surface area contributed by atoms with E-state index in [9.17, 15) is 51.1 Å². The van der Waals surface area contributed by atoms with Gasteiger partial charge in [-0.15, -0.1) is 0 Å². The number of carbonyl (C=O) groups is 1. The van der Waals surface area contributed by atoms with Crippen molar-refractivity contribution >= 4 is 5.97 Å². The van der Waals surface area contributed by atoms with Gasteiger partial charge in [-0.25, -0.2) is 0 Å². The van der Waals surface area contributed by atoms with Crippen LogP contribution in [0.5, 0.6) is 0 Å². The van der Waals surface area contributed by atoms with E-state index in [1.807, 2.05) is 6.92 Å². The monoisotopic (exact) mass is 913 g/mol. The molecule has 0 bridgehead atoms. The number of aliphatic hydroxyl groups is 10. The van der Waals surface area contributed by atoms with Crippen molar-refractivity contribution in [1.29, 1.82) is 0 Å². The quantitative estimate of drug-likeness (QED) is 0.0864. The highest BCUT2D eigenvalue weighted by molar-refractivity contribution is 5.78. The Morgan fingerprint density at radius 3 is 1.94 bits per heavy atom.